The van der Waals surface area contributed by atoms with Gasteiger partial charge in [-0.05, 0) is 56.4 Å². The highest BCUT2D eigenvalue weighted by molar-refractivity contribution is 5.96. The first-order valence-corrected chi connectivity index (χ1v) is 11.1. The van der Waals surface area contributed by atoms with Crippen LogP contribution in [0.1, 0.15) is 48.2 Å². The number of halogens is 6. The van der Waals surface area contributed by atoms with E-state index in [0.29, 0.717) is 19.3 Å². The summed E-state index contributed by atoms with van der Waals surface area (Å²) in [4.78, 5) is 28.9. The minimum atomic E-state index is -4.47. The fourth-order valence-electron chi connectivity index (χ4n) is 5.28. The van der Waals surface area contributed by atoms with Gasteiger partial charge in [-0.3, -0.25) is 9.59 Å². The van der Waals surface area contributed by atoms with Crippen molar-refractivity contribution in [2.75, 3.05) is 6.61 Å². The van der Waals surface area contributed by atoms with E-state index < -0.39 is 52.8 Å². The van der Waals surface area contributed by atoms with Gasteiger partial charge in [-0.2, -0.15) is 26.3 Å². The van der Waals surface area contributed by atoms with Crippen LogP contribution in [0, 0.1) is 5.92 Å². The smallest absolute Gasteiger partial charge is 0.368 e. The number of nitrogens with one attached hydrogen (secondary N) is 2. The number of fused-ring (bicyclic) bond motifs is 1. The van der Waals surface area contributed by atoms with Gasteiger partial charge in [0.1, 0.15) is 12.3 Å². The van der Waals surface area contributed by atoms with Crippen LogP contribution in [0.4, 0.5) is 26.3 Å². The number of pyridine rings is 1. The molecule has 0 aliphatic heterocycles. The molecule has 4 fully saturated rings. The number of carbonyl (C=O) groups is 2. The molecule has 0 unspecified atom stereocenters. The van der Waals surface area contributed by atoms with Crippen LogP contribution >= 0.6 is 0 Å². The van der Waals surface area contributed by atoms with Gasteiger partial charge in [0.05, 0.1) is 23.1 Å². The summed E-state index contributed by atoms with van der Waals surface area (Å²) >= 11 is 0. The summed E-state index contributed by atoms with van der Waals surface area (Å²) in [7, 11) is 0. The van der Waals surface area contributed by atoms with Gasteiger partial charge >= 0.3 is 12.4 Å². The molecule has 12 heteroatoms. The van der Waals surface area contributed by atoms with Crippen LogP contribution < -0.4 is 10.6 Å². The highest BCUT2D eigenvalue weighted by atomic mass is 19.4. The van der Waals surface area contributed by atoms with E-state index in [0.717, 1.165) is 12.1 Å². The zero-order valence-corrected chi connectivity index (χ0v) is 18.2. The highest BCUT2D eigenvalue weighted by Crippen LogP contribution is 2.60. The SMILES string of the molecule is O=C(COC1CC(C(F)(F)F)C1)NC12CC(NC(=O)c3ccc4cc(C(F)(F)F)ccc4n3)(C1)C2. The number of nitrogens with zero attached hydrogens (tertiary/aromatic N) is 1. The maximum atomic E-state index is 12.9. The molecule has 2 N–H and O–H groups in total. The average Bonchev–Trinajstić information content (AvgIpc) is 2.67. The van der Waals surface area contributed by atoms with Gasteiger partial charge in [0.15, 0.2) is 0 Å². The van der Waals surface area contributed by atoms with Crippen LogP contribution in [0.5, 0.6) is 0 Å². The highest BCUT2D eigenvalue weighted by Gasteiger charge is 2.69. The Labute approximate surface area is 195 Å². The van der Waals surface area contributed by atoms with Crippen LogP contribution in [0.3, 0.4) is 0 Å². The molecule has 188 valence electrons. The standard InChI is InChI=1S/C23H21F6N3O3/c24-22(25,26)13-2-4-16-12(5-13)1-3-17(30-16)19(34)32-21-9-20(10-21,11-21)31-18(33)8-35-15-6-14(7-15)23(27,28)29/h1-5,14-15H,6-11H2,(H,31,33)(H,32,34). The lowest BCUT2D eigenvalue weighted by atomic mass is 9.44. The molecule has 4 aliphatic carbocycles. The van der Waals surface area contributed by atoms with Crippen molar-refractivity contribution in [2.45, 2.75) is 61.6 Å². The first-order valence-electron chi connectivity index (χ1n) is 11.1. The third-order valence-corrected chi connectivity index (χ3v) is 7.07. The molecule has 0 saturated heterocycles. The van der Waals surface area contributed by atoms with Gasteiger partial charge in [-0.15, -0.1) is 0 Å². The Bertz CT molecular complexity index is 1170. The molecule has 4 saturated carbocycles. The van der Waals surface area contributed by atoms with Crippen LogP contribution in [0.15, 0.2) is 30.3 Å². The Hall–Kier alpha value is -2.89. The monoisotopic (exact) mass is 501 g/mol. The number of aromatic nitrogens is 1. The van der Waals surface area contributed by atoms with E-state index in [1.54, 1.807) is 0 Å². The summed E-state index contributed by atoms with van der Waals surface area (Å²) in [5.74, 6) is -2.24. The summed E-state index contributed by atoms with van der Waals surface area (Å²) in [6, 6.07) is 5.88. The number of rotatable bonds is 6. The van der Waals surface area contributed by atoms with Crippen molar-refractivity contribution in [1.82, 2.24) is 15.6 Å². The van der Waals surface area contributed by atoms with Crippen LogP contribution in [-0.4, -0.2) is 46.8 Å². The molecule has 1 aromatic heterocycles. The van der Waals surface area contributed by atoms with Crippen molar-refractivity contribution < 1.29 is 40.7 Å². The van der Waals surface area contributed by atoms with E-state index in [1.807, 2.05) is 0 Å². The topological polar surface area (TPSA) is 80.3 Å². The first-order chi connectivity index (χ1) is 16.3. The molecule has 1 aromatic carbocycles. The summed E-state index contributed by atoms with van der Waals surface area (Å²) in [6.07, 6.45) is -8.04. The molecule has 0 radical (unpaired) electrons. The Kier molecular flexibility index (Phi) is 5.32. The van der Waals surface area contributed by atoms with Crippen molar-refractivity contribution in [3.8, 4) is 0 Å². The second-order valence-electron chi connectivity index (χ2n) is 9.84. The minimum absolute atomic E-state index is 0.0751. The lowest BCUT2D eigenvalue weighted by molar-refractivity contribution is -0.220. The lowest BCUT2D eigenvalue weighted by Crippen LogP contribution is -2.84. The number of amides is 2. The van der Waals surface area contributed by atoms with Gasteiger partial charge in [-0.1, -0.05) is 6.07 Å². The number of ether oxygens (including phenoxy) is 1. The number of hydrogen-bond acceptors (Lipinski definition) is 4. The molecular weight excluding hydrogens is 480 g/mol. The zero-order chi connectivity index (χ0) is 25.2. The van der Waals surface area contributed by atoms with Crippen molar-refractivity contribution in [3.63, 3.8) is 0 Å². The van der Waals surface area contributed by atoms with E-state index in [-0.39, 0.29) is 36.0 Å². The van der Waals surface area contributed by atoms with E-state index in [2.05, 4.69) is 15.6 Å². The maximum Gasteiger partial charge on any atom is 0.416 e. The van der Waals surface area contributed by atoms with Crippen LogP contribution in [0.25, 0.3) is 10.9 Å². The predicted octanol–water partition coefficient (Wildman–Crippen LogP) is 4.13. The predicted molar refractivity (Wildman–Crippen MR) is 110 cm³/mol. The zero-order valence-electron chi connectivity index (χ0n) is 18.2. The van der Waals surface area contributed by atoms with Gasteiger partial charge in [0.2, 0.25) is 5.91 Å². The Morgan fingerprint density at radius 2 is 1.63 bits per heavy atom. The molecule has 6 nitrogen and oxygen atoms in total. The van der Waals surface area contributed by atoms with E-state index in [1.165, 1.54) is 18.2 Å². The van der Waals surface area contributed by atoms with Crippen molar-refractivity contribution in [1.29, 1.82) is 0 Å². The van der Waals surface area contributed by atoms with E-state index >= 15 is 0 Å². The lowest BCUT2D eigenvalue weighted by Gasteiger charge is -2.70. The molecule has 1 heterocycles. The number of benzene rings is 1. The molecule has 2 bridgehead atoms. The van der Waals surface area contributed by atoms with Crippen molar-refractivity contribution >= 4 is 22.7 Å². The fourth-order valence-corrected chi connectivity index (χ4v) is 5.28. The summed E-state index contributed by atoms with van der Waals surface area (Å²) in [6.45, 7) is -0.312. The second-order valence-corrected chi connectivity index (χ2v) is 9.84. The number of carbonyl (C=O) groups excluding carboxylic acids is 2. The number of alkyl halides is 6. The maximum absolute atomic E-state index is 12.9. The average molecular weight is 501 g/mol. The van der Waals surface area contributed by atoms with Crippen molar-refractivity contribution in [3.05, 3.63) is 41.6 Å². The van der Waals surface area contributed by atoms with E-state index in [4.69, 9.17) is 4.74 Å². The molecule has 2 aromatic rings. The fraction of sp³-hybridized carbons (Fsp3) is 0.522. The Morgan fingerprint density at radius 1 is 0.971 bits per heavy atom. The minimum Gasteiger partial charge on any atom is -0.368 e. The summed E-state index contributed by atoms with van der Waals surface area (Å²) in [5.41, 5.74) is -1.41. The Morgan fingerprint density at radius 3 is 2.26 bits per heavy atom. The van der Waals surface area contributed by atoms with Gasteiger partial charge < -0.3 is 15.4 Å². The third kappa shape index (κ3) is 4.55. The molecule has 2 amide bonds. The summed E-state index contributed by atoms with van der Waals surface area (Å²) < 4.78 is 81.4. The number of hydrogen-bond donors (Lipinski definition) is 2. The molecular formula is C23H21F6N3O3. The molecule has 4 aliphatic rings. The van der Waals surface area contributed by atoms with Gasteiger partial charge in [0, 0.05) is 16.5 Å². The Balaban J connectivity index is 1.09. The molecule has 6 rings (SSSR count). The second kappa shape index (κ2) is 7.81. The van der Waals surface area contributed by atoms with Gasteiger partial charge in [0.25, 0.3) is 5.91 Å². The normalized spacial score (nSPS) is 29.5. The van der Waals surface area contributed by atoms with Crippen LogP contribution in [0.2, 0.25) is 0 Å². The van der Waals surface area contributed by atoms with Crippen molar-refractivity contribution in [2.24, 2.45) is 5.92 Å². The third-order valence-electron chi connectivity index (χ3n) is 7.07. The molecule has 0 atom stereocenters. The molecule has 35 heavy (non-hydrogen) atoms. The summed E-state index contributed by atoms with van der Waals surface area (Å²) in [5, 5.41) is 5.99. The van der Waals surface area contributed by atoms with Crippen LogP contribution in [-0.2, 0) is 15.7 Å². The molecule has 0 spiro atoms. The van der Waals surface area contributed by atoms with Gasteiger partial charge in [-0.25, -0.2) is 4.98 Å². The largest absolute Gasteiger partial charge is 0.416 e. The van der Waals surface area contributed by atoms with E-state index in [9.17, 15) is 35.9 Å². The quantitative estimate of drug-likeness (QED) is 0.584. The first kappa shape index (κ1) is 23.8.